The van der Waals surface area contributed by atoms with Crippen LogP contribution < -0.4 is 4.74 Å². The molecule has 2 aromatic carbocycles. The van der Waals surface area contributed by atoms with Gasteiger partial charge in [0.1, 0.15) is 5.75 Å². The van der Waals surface area contributed by atoms with E-state index < -0.39 is 27.3 Å². The summed E-state index contributed by atoms with van der Waals surface area (Å²) < 4.78 is 32.2. The van der Waals surface area contributed by atoms with Crippen molar-refractivity contribution in [1.82, 2.24) is 0 Å². The molecule has 28 heavy (non-hydrogen) atoms. The number of sulfone groups is 1. The smallest absolute Gasteiger partial charge is 0.179 e. The van der Waals surface area contributed by atoms with Crippen LogP contribution in [-0.2, 0) is 9.84 Å². The van der Waals surface area contributed by atoms with Crippen LogP contribution in [0.5, 0.6) is 5.75 Å². The van der Waals surface area contributed by atoms with Gasteiger partial charge in [0.25, 0.3) is 0 Å². The van der Waals surface area contributed by atoms with Gasteiger partial charge in [0, 0.05) is 11.3 Å². The van der Waals surface area contributed by atoms with Gasteiger partial charge in [0.2, 0.25) is 0 Å². The average molecular weight is 403 g/mol. The molecule has 0 saturated heterocycles. The summed E-state index contributed by atoms with van der Waals surface area (Å²) in [5.74, 6) is 0.0821. The minimum atomic E-state index is -3.58. The average Bonchev–Trinajstić information content (AvgIpc) is 2.78. The van der Waals surface area contributed by atoms with Crippen LogP contribution in [0.2, 0.25) is 0 Å². The van der Waals surface area contributed by atoms with Crippen LogP contribution in [0.4, 0.5) is 0 Å². The standard InChI is InChI=1S/C23H30O4S/c1-4-6-14-23(5-2)16-28(25,26)20-15-18(27-3)12-13-19(20)21(22(23)24)17-10-8-7-9-11-17/h7-13,15,21-22,24H,4-6,14,16H2,1-3H3/t21-,22?,23+/m0/s1. The number of fused-ring (bicyclic) bond motifs is 1. The molecule has 0 aliphatic carbocycles. The molecule has 1 unspecified atom stereocenters. The van der Waals surface area contributed by atoms with Crippen molar-refractivity contribution in [1.29, 1.82) is 0 Å². The quantitative estimate of drug-likeness (QED) is 0.769. The summed E-state index contributed by atoms with van der Waals surface area (Å²) in [6, 6.07) is 14.9. The van der Waals surface area contributed by atoms with E-state index in [-0.39, 0.29) is 10.6 Å². The van der Waals surface area contributed by atoms with Gasteiger partial charge in [-0.1, -0.05) is 63.1 Å². The number of aliphatic hydroxyl groups is 1. The van der Waals surface area contributed by atoms with Crippen molar-refractivity contribution in [3.05, 3.63) is 59.7 Å². The highest BCUT2D eigenvalue weighted by molar-refractivity contribution is 7.91. The number of unbranched alkanes of at least 4 members (excludes halogenated alkanes) is 1. The Morgan fingerprint density at radius 1 is 1.14 bits per heavy atom. The highest BCUT2D eigenvalue weighted by Crippen LogP contribution is 2.49. The molecule has 0 bridgehead atoms. The first-order valence-electron chi connectivity index (χ1n) is 10.0. The molecule has 1 heterocycles. The predicted molar refractivity (Wildman–Crippen MR) is 112 cm³/mol. The number of rotatable bonds is 6. The third kappa shape index (κ3) is 3.70. The van der Waals surface area contributed by atoms with Gasteiger partial charge in [-0.05, 0) is 36.1 Å². The van der Waals surface area contributed by atoms with Crippen LogP contribution in [0, 0.1) is 5.41 Å². The van der Waals surface area contributed by atoms with Crippen molar-refractivity contribution in [3.63, 3.8) is 0 Å². The van der Waals surface area contributed by atoms with Gasteiger partial charge >= 0.3 is 0 Å². The lowest BCUT2D eigenvalue weighted by molar-refractivity contribution is 0.0174. The number of benzene rings is 2. The summed E-state index contributed by atoms with van der Waals surface area (Å²) in [5.41, 5.74) is 0.917. The Morgan fingerprint density at radius 2 is 1.86 bits per heavy atom. The second-order valence-corrected chi connectivity index (χ2v) is 9.77. The van der Waals surface area contributed by atoms with Gasteiger partial charge in [0.15, 0.2) is 9.84 Å². The number of hydrogen-bond acceptors (Lipinski definition) is 4. The Morgan fingerprint density at radius 3 is 2.46 bits per heavy atom. The van der Waals surface area contributed by atoms with E-state index in [0.29, 0.717) is 24.2 Å². The number of hydrogen-bond donors (Lipinski definition) is 1. The Hall–Kier alpha value is -1.85. The second kappa shape index (κ2) is 8.26. The first-order chi connectivity index (χ1) is 13.4. The highest BCUT2D eigenvalue weighted by Gasteiger charge is 2.48. The molecule has 0 radical (unpaired) electrons. The van der Waals surface area contributed by atoms with Gasteiger partial charge in [-0.25, -0.2) is 8.42 Å². The molecular weight excluding hydrogens is 372 g/mol. The summed E-state index contributed by atoms with van der Waals surface area (Å²) in [4.78, 5) is 0.284. The molecule has 3 atom stereocenters. The van der Waals surface area contributed by atoms with E-state index in [1.165, 1.54) is 7.11 Å². The van der Waals surface area contributed by atoms with Gasteiger partial charge in [0.05, 0.1) is 23.9 Å². The first-order valence-corrected chi connectivity index (χ1v) is 11.7. The Labute approximate surface area is 168 Å². The fourth-order valence-corrected chi connectivity index (χ4v) is 6.77. The summed E-state index contributed by atoms with van der Waals surface area (Å²) in [6.07, 6.45) is 2.37. The van der Waals surface area contributed by atoms with Crippen molar-refractivity contribution in [2.75, 3.05) is 12.9 Å². The summed E-state index contributed by atoms with van der Waals surface area (Å²) in [7, 11) is -2.04. The molecule has 1 aliphatic heterocycles. The normalized spacial score (nSPS) is 26.3. The van der Waals surface area contributed by atoms with E-state index in [9.17, 15) is 13.5 Å². The van der Waals surface area contributed by atoms with Gasteiger partial charge in [-0.15, -0.1) is 0 Å². The van der Waals surface area contributed by atoms with Crippen molar-refractivity contribution in [2.24, 2.45) is 5.41 Å². The molecule has 4 nitrogen and oxygen atoms in total. The lowest BCUT2D eigenvalue weighted by Crippen LogP contribution is -2.42. The topological polar surface area (TPSA) is 63.6 Å². The van der Waals surface area contributed by atoms with Crippen LogP contribution in [0.1, 0.15) is 56.6 Å². The van der Waals surface area contributed by atoms with E-state index in [0.717, 1.165) is 18.4 Å². The zero-order valence-corrected chi connectivity index (χ0v) is 17.7. The highest BCUT2D eigenvalue weighted by atomic mass is 32.2. The fraction of sp³-hybridized carbons (Fsp3) is 0.478. The number of ether oxygens (including phenoxy) is 1. The minimum Gasteiger partial charge on any atom is -0.497 e. The lowest BCUT2D eigenvalue weighted by Gasteiger charge is -2.39. The first kappa shape index (κ1) is 20.9. The lowest BCUT2D eigenvalue weighted by atomic mass is 9.69. The van der Waals surface area contributed by atoms with E-state index >= 15 is 0 Å². The Kier molecular flexibility index (Phi) is 6.15. The number of aliphatic hydroxyl groups excluding tert-OH is 1. The second-order valence-electron chi connectivity index (χ2n) is 7.82. The van der Waals surface area contributed by atoms with Crippen LogP contribution in [0.15, 0.2) is 53.4 Å². The molecule has 152 valence electrons. The summed E-state index contributed by atoms with van der Waals surface area (Å²) in [6.45, 7) is 4.09. The van der Waals surface area contributed by atoms with Crippen LogP contribution in [-0.4, -0.2) is 32.5 Å². The molecule has 5 heteroatoms. The minimum absolute atomic E-state index is 0.0405. The Bertz CT molecular complexity index is 907. The summed E-state index contributed by atoms with van der Waals surface area (Å²) in [5, 5.41) is 11.6. The molecule has 0 saturated carbocycles. The van der Waals surface area contributed by atoms with Crippen LogP contribution >= 0.6 is 0 Å². The monoisotopic (exact) mass is 402 g/mol. The van der Waals surface area contributed by atoms with Gasteiger partial charge in [-0.3, -0.25) is 0 Å². The maximum absolute atomic E-state index is 13.5. The third-order valence-electron chi connectivity index (χ3n) is 6.20. The molecule has 0 amide bonds. The molecule has 0 aromatic heterocycles. The Balaban J connectivity index is 2.28. The van der Waals surface area contributed by atoms with Crippen molar-refractivity contribution in [3.8, 4) is 5.75 Å². The molecular formula is C23H30O4S. The van der Waals surface area contributed by atoms with E-state index in [1.54, 1.807) is 18.2 Å². The van der Waals surface area contributed by atoms with Crippen molar-refractivity contribution < 1.29 is 18.3 Å². The van der Waals surface area contributed by atoms with Crippen molar-refractivity contribution >= 4 is 9.84 Å². The summed E-state index contributed by atoms with van der Waals surface area (Å²) >= 11 is 0. The SMILES string of the molecule is CCCC[C@]1(CC)CS(=O)(=O)c2cc(OC)ccc2[C@H](c2ccccc2)C1O. The molecule has 1 N–H and O–H groups in total. The molecule has 0 fully saturated rings. The molecule has 0 spiro atoms. The third-order valence-corrected chi connectivity index (χ3v) is 8.18. The van der Waals surface area contributed by atoms with Crippen molar-refractivity contribution in [2.45, 2.75) is 56.4 Å². The van der Waals surface area contributed by atoms with Crippen LogP contribution in [0.25, 0.3) is 0 Å². The number of methoxy groups -OCH3 is 1. The zero-order chi connectivity index (χ0) is 20.4. The molecule has 2 aromatic rings. The predicted octanol–water partition coefficient (Wildman–Crippen LogP) is 4.56. The van der Waals surface area contributed by atoms with E-state index in [1.807, 2.05) is 37.3 Å². The van der Waals surface area contributed by atoms with Gasteiger partial charge < -0.3 is 9.84 Å². The fourth-order valence-electron chi connectivity index (χ4n) is 4.49. The van der Waals surface area contributed by atoms with E-state index in [2.05, 4.69) is 6.92 Å². The maximum Gasteiger partial charge on any atom is 0.179 e. The maximum atomic E-state index is 13.5. The largest absolute Gasteiger partial charge is 0.497 e. The molecule has 3 rings (SSSR count). The van der Waals surface area contributed by atoms with Gasteiger partial charge in [-0.2, -0.15) is 0 Å². The zero-order valence-electron chi connectivity index (χ0n) is 16.9. The van der Waals surface area contributed by atoms with Crippen LogP contribution in [0.3, 0.4) is 0 Å². The van der Waals surface area contributed by atoms with E-state index in [4.69, 9.17) is 4.74 Å². The molecule has 1 aliphatic rings.